The van der Waals surface area contributed by atoms with Crippen LogP contribution in [0.3, 0.4) is 0 Å². The standard InChI is InChI=1S/C7H14N.Sn.H/c8-7-5-3-1-2-4-6-7;;/h7-8H,1-6H2;;/q-1;+1;. The molecule has 0 heterocycles. The van der Waals surface area contributed by atoms with Gasteiger partial charge in [0.2, 0.25) is 0 Å². The van der Waals surface area contributed by atoms with E-state index < -0.39 is 0 Å². The monoisotopic (exact) mass is 233 g/mol. The van der Waals surface area contributed by atoms with E-state index in [4.69, 9.17) is 0 Å². The molecule has 0 unspecified atom stereocenters. The minimum absolute atomic E-state index is 0.884. The van der Waals surface area contributed by atoms with Crippen molar-refractivity contribution in [2.75, 3.05) is 0 Å². The first-order valence-electron chi connectivity index (χ1n) is 3.89. The van der Waals surface area contributed by atoms with E-state index in [1.54, 1.807) is 0 Å². The molecule has 1 fully saturated rings. The molecule has 0 amide bonds. The second-order valence-electron chi connectivity index (χ2n) is 2.86. The van der Waals surface area contributed by atoms with Crippen LogP contribution in [0.25, 0.3) is 0 Å². The van der Waals surface area contributed by atoms with Gasteiger partial charge in [0.25, 0.3) is 0 Å². The first kappa shape index (κ1) is 7.86. The van der Waals surface area contributed by atoms with E-state index in [-0.39, 0.29) is 0 Å². The zero-order valence-corrected chi connectivity index (χ0v) is 9.19. The molecule has 0 spiro atoms. The van der Waals surface area contributed by atoms with Gasteiger partial charge in [-0.15, -0.1) is 0 Å². The molecule has 0 aliphatic heterocycles. The Bertz CT molecular complexity index is 67.3. The first-order chi connectivity index (χ1) is 4.43. The summed E-state index contributed by atoms with van der Waals surface area (Å²) < 4.78 is 3.47. The molecular weight excluding hydrogens is 217 g/mol. The van der Waals surface area contributed by atoms with E-state index in [9.17, 15) is 0 Å². The third kappa shape index (κ3) is 2.89. The van der Waals surface area contributed by atoms with Crippen molar-refractivity contribution >= 4 is 22.8 Å². The van der Waals surface area contributed by atoms with E-state index in [0.29, 0.717) is 0 Å². The van der Waals surface area contributed by atoms with Gasteiger partial charge >= 0.3 is 70.9 Å². The summed E-state index contributed by atoms with van der Waals surface area (Å²) in [6.45, 7) is 0. The van der Waals surface area contributed by atoms with Crippen LogP contribution >= 0.6 is 0 Å². The van der Waals surface area contributed by atoms with E-state index in [2.05, 4.69) is 3.54 Å². The van der Waals surface area contributed by atoms with Gasteiger partial charge in [-0.1, -0.05) is 0 Å². The van der Waals surface area contributed by atoms with Crippen molar-refractivity contribution in [1.29, 1.82) is 0 Å². The minimum atomic E-state index is 0.884. The van der Waals surface area contributed by atoms with Gasteiger partial charge in [-0.2, -0.15) is 0 Å². The summed E-state index contributed by atoms with van der Waals surface area (Å²) in [5.74, 6) is 0. The van der Waals surface area contributed by atoms with Gasteiger partial charge in [0.05, 0.1) is 0 Å². The van der Waals surface area contributed by atoms with Crippen molar-refractivity contribution in [3.8, 4) is 0 Å². The summed E-state index contributed by atoms with van der Waals surface area (Å²) in [4.78, 5) is 0. The molecule has 1 nitrogen and oxygen atoms in total. The van der Waals surface area contributed by atoms with Crippen molar-refractivity contribution in [3.63, 3.8) is 0 Å². The van der Waals surface area contributed by atoms with Crippen LogP contribution in [0, 0.1) is 0 Å². The van der Waals surface area contributed by atoms with Crippen LogP contribution in [-0.4, -0.2) is 28.8 Å². The molecule has 0 aromatic carbocycles. The summed E-state index contributed by atoms with van der Waals surface area (Å²) >= 11 is 1.24. The molecule has 0 atom stereocenters. The maximum atomic E-state index is 3.47. The number of hydrogen-bond acceptors (Lipinski definition) is 1. The Morgan fingerprint density at radius 2 is 1.56 bits per heavy atom. The molecule has 1 N–H and O–H groups in total. The second kappa shape index (κ2) is 4.56. The van der Waals surface area contributed by atoms with Crippen molar-refractivity contribution in [1.82, 2.24) is 3.54 Å². The van der Waals surface area contributed by atoms with Crippen LogP contribution in [0.4, 0.5) is 0 Å². The molecular formula is C7H15NSn. The number of rotatable bonds is 1. The van der Waals surface area contributed by atoms with Gasteiger partial charge in [0, 0.05) is 0 Å². The van der Waals surface area contributed by atoms with Crippen LogP contribution in [0.5, 0.6) is 0 Å². The number of hydrogen-bond donors (Lipinski definition) is 1. The molecule has 0 saturated heterocycles. The normalized spacial score (nSPS) is 23.7. The quantitative estimate of drug-likeness (QED) is 0.527. The molecule has 2 radical (unpaired) electrons. The van der Waals surface area contributed by atoms with Crippen LogP contribution < -0.4 is 3.54 Å². The molecule has 1 rings (SSSR count). The topological polar surface area (TPSA) is 12.0 Å². The Morgan fingerprint density at radius 1 is 1.00 bits per heavy atom. The third-order valence-corrected chi connectivity index (χ3v) is 3.44. The van der Waals surface area contributed by atoms with E-state index >= 15 is 0 Å². The fourth-order valence-electron chi connectivity index (χ4n) is 1.45. The molecule has 52 valence electrons. The van der Waals surface area contributed by atoms with Crippen LogP contribution in [0.15, 0.2) is 0 Å². The zero-order valence-electron chi connectivity index (χ0n) is 5.90. The van der Waals surface area contributed by atoms with Gasteiger partial charge < -0.3 is 0 Å². The van der Waals surface area contributed by atoms with Crippen molar-refractivity contribution in [3.05, 3.63) is 0 Å². The second-order valence-corrected chi connectivity index (χ2v) is 3.81. The molecule has 1 aliphatic carbocycles. The summed E-state index contributed by atoms with van der Waals surface area (Å²) in [7, 11) is 0. The molecule has 1 aliphatic rings. The molecule has 1 saturated carbocycles. The van der Waals surface area contributed by atoms with Crippen molar-refractivity contribution in [2.24, 2.45) is 0 Å². The van der Waals surface area contributed by atoms with Gasteiger partial charge in [-0.25, -0.2) is 0 Å². The van der Waals surface area contributed by atoms with E-state index in [1.165, 1.54) is 61.3 Å². The predicted octanol–water partition coefficient (Wildman–Crippen LogP) is 1.11. The summed E-state index contributed by atoms with van der Waals surface area (Å²) in [5, 5.41) is 0. The fourth-order valence-corrected chi connectivity index (χ4v) is 2.40. The summed E-state index contributed by atoms with van der Waals surface area (Å²) in [6, 6.07) is 0.884. The Labute approximate surface area is 71.0 Å². The van der Waals surface area contributed by atoms with Crippen LogP contribution in [0.1, 0.15) is 38.5 Å². The first-order valence-corrected chi connectivity index (χ1v) is 5.54. The average Bonchev–Trinajstić information content (AvgIpc) is 2.13. The Balaban J connectivity index is 2.18. The average molecular weight is 232 g/mol. The molecule has 0 bridgehead atoms. The van der Waals surface area contributed by atoms with Crippen LogP contribution in [-0.2, 0) is 0 Å². The predicted molar refractivity (Wildman–Crippen MR) is 41.8 cm³/mol. The van der Waals surface area contributed by atoms with Gasteiger partial charge in [0.15, 0.2) is 0 Å². The third-order valence-electron chi connectivity index (χ3n) is 2.09. The molecule has 0 aromatic rings. The zero-order chi connectivity index (χ0) is 6.53. The van der Waals surface area contributed by atoms with Gasteiger partial charge in [0.1, 0.15) is 0 Å². The number of nitrogens with one attached hydrogen (secondary N) is 1. The summed E-state index contributed by atoms with van der Waals surface area (Å²) in [5.41, 5.74) is 0. The Hall–Kier alpha value is 0.759. The molecule has 9 heavy (non-hydrogen) atoms. The maximum absolute atomic E-state index is 3.47. The van der Waals surface area contributed by atoms with Crippen molar-refractivity contribution < 1.29 is 0 Å². The molecule has 0 aromatic heterocycles. The van der Waals surface area contributed by atoms with E-state index in [0.717, 1.165) is 6.04 Å². The Kier molecular flexibility index (Phi) is 3.98. The summed E-state index contributed by atoms with van der Waals surface area (Å²) in [6.07, 6.45) is 8.72. The van der Waals surface area contributed by atoms with E-state index in [1.807, 2.05) is 0 Å². The van der Waals surface area contributed by atoms with Crippen LogP contribution in [0.2, 0.25) is 0 Å². The SMILES string of the molecule is [SnH][NH]C1CCCCCC1. The fraction of sp³-hybridized carbons (Fsp3) is 1.00. The Morgan fingerprint density at radius 3 is 2.00 bits per heavy atom. The van der Waals surface area contributed by atoms with Gasteiger partial charge in [-0.3, -0.25) is 0 Å². The van der Waals surface area contributed by atoms with Crippen molar-refractivity contribution in [2.45, 2.75) is 44.6 Å². The molecule has 2 heteroatoms. The van der Waals surface area contributed by atoms with Gasteiger partial charge in [-0.05, 0) is 0 Å².